The number of nitrogens with zero attached hydrogens (tertiary/aromatic N) is 2. The van der Waals surface area contributed by atoms with E-state index in [0.29, 0.717) is 11.7 Å². The van der Waals surface area contributed by atoms with Crippen LogP contribution in [0.5, 0.6) is 0 Å². The first-order chi connectivity index (χ1) is 9.40. The Balaban J connectivity index is 2.08. The number of rotatable bonds is 5. The molecule has 0 spiro atoms. The average Bonchev–Trinajstić information content (AvgIpc) is 2.74. The maximum Gasteiger partial charge on any atom is 0.245 e. The molecular weight excluding hydrogens is 287 g/mol. The fourth-order valence-corrected chi connectivity index (χ4v) is 2.84. The van der Waals surface area contributed by atoms with Crippen LogP contribution in [0.25, 0.3) is 0 Å². The minimum absolute atomic E-state index is 0.00901. The van der Waals surface area contributed by atoms with Gasteiger partial charge in [0.2, 0.25) is 15.9 Å². The quantitative estimate of drug-likeness (QED) is 0.783. The second-order valence-electron chi connectivity index (χ2n) is 4.04. The predicted molar refractivity (Wildman–Crippen MR) is 68.7 cm³/mol. The third kappa shape index (κ3) is 3.11. The van der Waals surface area contributed by atoms with Crippen molar-refractivity contribution in [2.24, 2.45) is 0 Å². The molecule has 0 aliphatic heterocycles. The molecule has 3 N–H and O–H groups in total. The van der Waals surface area contributed by atoms with Crippen LogP contribution >= 0.6 is 0 Å². The highest BCUT2D eigenvalue weighted by Gasteiger charge is 2.21. The lowest BCUT2D eigenvalue weighted by molar-refractivity contribution is 0.387. The standard InChI is InChI=1S/C11H13FN4O3S/c1-7-15-10(16-19-7)5-6-14-20(17,18)11-8(12)3-2-4-9(11)13/h2-4,14H,5-6,13H2,1H3. The van der Waals surface area contributed by atoms with E-state index in [1.54, 1.807) is 6.92 Å². The van der Waals surface area contributed by atoms with Crippen LogP contribution in [0.2, 0.25) is 0 Å². The van der Waals surface area contributed by atoms with Gasteiger partial charge in [0.15, 0.2) is 5.82 Å². The van der Waals surface area contributed by atoms with Gasteiger partial charge in [-0.25, -0.2) is 17.5 Å². The van der Waals surface area contributed by atoms with Crippen molar-refractivity contribution < 1.29 is 17.3 Å². The smallest absolute Gasteiger partial charge is 0.245 e. The first kappa shape index (κ1) is 14.4. The molecule has 0 aliphatic carbocycles. The van der Waals surface area contributed by atoms with Crippen LogP contribution in [0.1, 0.15) is 11.7 Å². The Hall–Kier alpha value is -2.00. The molecular formula is C11H13FN4O3S. The van der Waals surface area contributed by atoms with Crippen LogP contribution in [0.3, 0.4) is 0 Å². The van der Waals surface area contributed by atoms with Crippen LogP contribution in [0.4, 0.5) is 10.1 Å². The largest absolute Gasteiger partial charge is 0.398 e. The van der Waals surface area contributed by atoms with Crippen molar-refractivity contribution >= 4 is 15.7 Å². The summed E-state index contributed by atoms with van der Waals surface area (Å²) in [6, 6.07) is 3.69. The van der Waals surface area contributed by atoms with Crippen LogP contribution < -0.4 is 10.5 Å². The molecule has 2 rings (SSSR count). The van der Waals surface area contributed by atoms with E-state index in [1.807, 2.05) is 0 Å². The zero-order valence-electron chi connectivity index (χ0n) is 10.6. The van der Waals surface area contributed by atoms with Crippen LogP contribution in [-0.4, -0.2) is 25.1 Å². The van der Waals surface area contributed by atoms with Gasteiger partial charge in [-0.1, -0.05) is 11.2 Å². The molecule has 1 aromatic heterocycles. The Morgan fingerprint density at radius 2 is 2.20 bits per heavy atom. The van der Waals surface area contributed by atoms with Gasteiger partial charge in [0.05, 0.1) is 5.69 Å². The van der Waals surface area contributed by atoms with Gasteiger partial charge in [0, 0.05) is 19.9 Å². The Morgan fingerprint density at radius 3 is 2.80 bits per heavy atom. The number of hydrogen-bond donors (Lipinski definition) is 2. The Bertz CT molecular complexity index is 694. The zero-order chi connectivity index (χ0) is 14.8. The molecule has 0 saturated carbocycles. The highest BCUT2D eigenvalue weighted by Crippen LogP contribution is 2.21. The van der Waals surface area contributed by atoms with Gasteiger partial charge >= 0.3 is 0 Å². The van der Waals surface area contributed by atoms with E-state index in [9.17, 15) is 12.8 Å². The number of anilines is 1. The van der Waals surface area contributed by atoms with E-state index < -0.39 is 20.7 Å². The Labute approximate surface area is 115 Å². The van der Waals surface area contributed by atoms with Gasteiger partial charge in [-0.2, -0.15) is 4.98 Å². The number of nitrogens with two attached hydrogens (primary N) is 1. The van der Waals surface area contributed by atoms with Crippen LogP contribution in [0.15, 0.2) is 27.6 Å². The molecule has 0 radical (unpaired) electrons. The summed E-state index contributed by atoms with van der Waals surface area (Å²) in [6.45, 7) is 1.63. The number of halogens is 1. The topological polar surface area (TPSA) is 111 Å². The molecule has 20 heavy (non-hydrogen) atoms. The van der Waals surface area contributed by atoms with Gasteiger partial charge in [0.25, 0.3) is 0 Å². The molecule has 2 aromatic rings. The summed E-state index contributed by atoms with van der Waals surface area (Å²) in [5.41, 5.74) is 5.35. The predicted octanol–water partition coefficient (Wildman–Crippen LogP) is 0.620. The normalized spacial score (nSPS) is 11.7. The first-order valence-electron chi connectivity index (χ1n) is 5.73. The fourth-order valence-electron chi connectivity index (χ4n) is 1.62. The van der Waals surface area contributed by atoms with Crippen molar-refractivity contribution in [3.8, 4) is 0 Å². The van der Waals surface area contributed by atoms with Gasteiger partial charge in [-0.05, 0) is 12.1 Å². The van der Waals surface area contributed by atoms with Crippen LogP contribution in [0, 0.1) is 12.7 Å². The number of aromatic nitrogens is 2. The summed E-state index contributed by atoms with van der Waals surface area (Å²) in [7, 11) is -4.02. The second kappa shape index (κ2) is 5.55. The summed E-state index contributed by atoms with van der Waals surface area (Å²) in [6.07, 6.45) is 0.227. The van der Waals surface area contributed by atoms with Crippen LogP contribution in [-0.2, 0) is 16.4 Å². The maximum absolute atomic E-state index is 13.6. The SMILES string of the molecule is Cc1nc(CCNS(=O)(=O)c2c(N)cccc2F)no1. The van der Waals surface area contributed by atoms with Crippen molar-refractivity contribution in [3.05, 3.63) is 35.7 Å². The molecule has 9 heteroatoms. The van der Waals surface area contributed by atoms with E-state index in [2.05, 4.69) is 14.9 Å². The van der Waals surface area contributed by atoms with Crippen molar-refractivity contribution in [1.29, 1.82) is 0 Å². The molecule has 0 unspecified atom stereocenters. The second-order valence-corrected chi connectivity index (χ2v) is 5.74. The lowest BCUT2D eigenvalue weighted by Crippen LogP contribution is -2.27. The number of hydrogen-bond acceptors (Lipinski definition) is 6. The van der Waals surface area contributed by atoms with E-state index in [4.69, 9.17) is 10.3 Å². The summed E-state index contributed by atoms with van der Waals surface area (Å²) in [5, 5.41) is 3.62. The minimum Gasteiger partial charge on any atom is -0.398 e. The highest BCUT2D eigenvalue weighted by atomic mass is 32.2. The lowest BCUT2D eigenvalue weighted by Gasteiger charge is -2.09. The molecule has 0 fully saturated rings. The van der Waals surface area contributed by atoms with Crippen molar-refractivity contribution in [2.45, 2.75) is 18.2 Å². The molecule has 0 atom stereocenters. The van der Waals surface area contributed by atoms with Gasteiger partial charge in [0.1, 0.15) is 10.7 Å². The van der Waals surface area contributed by atoms with E-state index >= 15 is 0 Å². The number of nitrogens with one attached hydrogen (secondary N) is 1. The lowest BCUT2D eigenvalue weighted by atomic mass is 10.3. The molecule has 1 aromatic carbocycles. The summed E-state index contributed by atoms with van der Waals surface area (Å²) in [4.78, 5) is 3.38. The van der Waals surface area contributed by atoms with E-state index in [0.717, 1.165) is 6.07 Å². The third-order valence-corrected chi connectivity index (χ3v) is 4.03. The molecule has 7 nitrogen and oxygen atoms in total. The Kier molecular flexibility index (Phi) is 4.00. The highest BCUT2D eigenvalue weighted by molar-refractivity contribution is 7.89. The van der Waals surface area contributed by atoms with E-state index in [-0.39, 0.29) is 18.7 Å². The van der Waals surface area contributed by atoms with Crippen molar-refractivity contribution in [1.82, 2.24) is 14.9 Å². The molecule has 0 amide bonds. The number of benzene rings is 1. The van der Waals surface area contributed by atoms with Gasteiger partial charge in [-0.3, -0.25) is 0 Å². The first-order valence-corrected chi connectivity index (χ1v) is 7.21. The molecule has 108 valence electrons. The number of sulfonamides is 1. The Morgan fingerprint density at radius 1 is 1.45 bits per heavy atom. The summed E-state index contributed by atoms with van der Waals surface area (Å²) < 4.78 is 44.5. The average molecular weight is 300 g/mol. The number of nitrogen functional groups attached to an aromatic ring is 1. The zero-order valence-corrected chi connectivity index (χ0v) is 11.4. The maximum atomic E-state index is 13.6. The third-order valence-electron chi connectivity index (χ3n) is 2.48. The van der Waals surface area contributed by atoms with Gasteiger partial charge in [-0.15, -0.1) is 0 Å². The summed E-state index contributed by atoms with van der Waals surface area (Å²) >= 11 is 0. The minimum atomic E-state index is -4.02. The molecule has 0 saturated heterocycles. The van der Waals surface area contributed by atoms with Crippen molar-refractivity contribution in [3.63, 3.8) is 0 Å². The summed E-state index contributed by atoms with van der Waals surface area (Å²) in [5.74, 6) is -0.138. The monoisotopic (exact) mass is 300 g/mol. The van der Waals surface area contributed by atoms with Gasteiger partial charge < -0.3 is 10.3 Å². The molecule has 0 bridgehead atoms. The van der Waals surface area contributed by atoms with Crippen molar-refractivity contribution in [2.75, 3.05) is 12.3 Å². The molecule has 1 heterocycles. The number of aryl methyl sites for hydroxylation is 1. The molecule has 0 aliphatic rings. The fraction of sp³-hybridized carbons (Fsp3) is 0.273. The van der Waals surface area contributed by atoms with E-state index in [1.165, 1.54) is 12.1 Å².